The highest BCUT2D eigenvalue weighted by Gasteiger charge is 2.04. The summed E-state index contributed by atoms with van der Waals surface area (Å²) >= 11 is 0. The fourth-order valence-corrected chi connectivity index (χ4v) is 2.04. The molecule has 0 aliphatic carbocycles. The predicted molar refractivity (Wildman–Crippen MR) is 65.0 cm³/mol. The number of aryl methyl sites for hydroxylation is 2. The monoisotopic (exact) mass is 202 g/mol. The van der Waals surface area contributed by atoms with Crippen LogP contribution in [0.5, 0.6) is 0 Å². The van der Waals surface area contributed by atoms with Gasteiger partial charge >= 0.3 is 0 Å². The maximum Gasteiger partial charge on any atom is 0.0479 e. The van der Waals surface area contributed by atoms with E-state index in [1.54, 1.807) is 0 Å². The van der Waals surface area contributed by atoms with Gasteiger partial charge in [0, 0.05) is 29.7 Å². The van der Waals surface area contributed by atoms with Gasteiger partial charge in [-0.25, -0.2) is 0 Å². The Kier molecular flexibility index (Phi) is 2.53. The Bertz CT molecular complexity index is 480. The third-order valence-electron chi connectivity index (χ3n) is 2.90. The Labute approximate surface area is 90.7 Å². The van der Waals surface area contributed by atoms with Gasteiger partial charge in [-0.05, 0) is 44.0 Å². The number of aromatic nitrogens is 1. The summed E-state index contributed by atoms with van der Waals surface area (Å²) < 4.78 is 2.21. The van der Waals surface area contributed by atoms with Crippen molar-refractivity contribution in [2.24, 2.45) is 12.8 Å². The fraction of sp³-hybridized carbons (Fsp3) is 0.385. The zero-order valence-electron chi connectivity index (χ0n) is 9.62. The van der Waals surface area contributed by atoms with Crippen LogP contribution in [0.4, 0.5) is 0 Å². The number of benzene rings is 1. The summed E-state index contributed by atoms with van der Waals surface area (Å²) in [5.74, 6) is 0. The summed E-state index contributed by atoms with van der Waals surface area (Å²) in [6, 6.07) is 9.05. The van der Waals surface area contributed by atoms with E-state index in [0.717, 1.165) is 6.42 Å². The van der Waals surface area contributed by atoms with Gasteiger partial charge in [0.2, 0.25) is 0 Å². The number of hydrogen-bond donors (Lipinski definition) is 1. The predicted octanol–water partition coefficient (Wildman–Crippen LogP) is 2.38. The molecule has 80 valence electrons. The van der Waals surface area contributed by atoms with Gasteiger partial charge in [0.15, 0.2) is 0 Å². The van der Waals surface area contributed by atoms with Crippen molar-refractivity contribution < 1.29 is 0 Å². The lowest BCUT2D eigenvalue weighted by atomic mass is 10.1. The topological polar surface area (TPSA) is 30.9 Å². The van der Waals surface area contributed by atoms with Crippen LogP contribution in [-0.4, -0.2) is 10.6 Å². The smallest absolute Gasteiger partial charge is 0.0479 e. The number of hydrogen-bond acceptors (Lipinski definition) is 1. The molecule has 0 fully saturated rings. The van der Waals surface area contributed by atoms with E-state index in [9.17, 15) is 0 Å². The van der Waals surface area contributed by atoms with E-state index in [1.165, 1.54) is 22.2 Å². The normalized spacial score (nSPS) is 13.3. The van der Waals surface area contributed by atoms with Crippen LogP contribution >= 0.6 is 0 Å². The van der Waals surface area contributed by atoms with E-state index >= 15 is 0 Å². The number of rotatable bonds is 2. The molecule has 0 spiro atoms. The molecule has 2 aromatic rings. The Morgan fingerprint density at radius 1 is 1.33 bits per heavy atom. The molecule has 0 saturated carbocycles. The highest BCUT2D eigenvalue weighted by Crippen LogP contribution is 2.20. The molecule has 0 saturated heterocycles. The highest BCUT2D eigenvalue weighted by molar-refractivity contribution is 5.82. The van der Waals surface area contributed by atoms with E-state index in [4.69, 9.17) is 5.73 Å². The van der Waals surface area contributed by atoms with E-state index in [1.807, 2.05) is 6.92 Å². The maximum atomic E-state index is 5.80. The second-order valence-corrected chi connectivity index (χ2v) is 4.42. The summed E-state index contributed by atoms with van der Waals surface area (Å²) in [5.41, 5.74) is 9.71. The number of nitrogens with two attached hydrogens (primary N) is 1. The second-order valence-electron chi connectivity index (χ2n) is 4.42. The quantitative estimate of drug-likeness (QED) is 0.796. The molecule has 1 heterocycles. The molecule has 1 unspecified atom stereocenters. The molecule has 0 bridgehead atoms. The standard InChI is InChI=1S/C13H18N2/c1-9(14)6-11-4-5-13-12(8-11)7-10(2)15(13)3/h4-5,7-9H,6,14H2,1-3H3. The minimum atomic E-state index is 0.229. The fourth-order valence-electron chi connectivity index (χ4n) is 2.04. The third kappa shape index (κ3) is 1.90. The van der Waals surface area contributed by atoms with Crippen molar-refractivity contribution >= 4 is 10.9 Å². The average molecular weight is 202 g/mol. The van der Waals surface area contributed by atoms with Crippen LogP contribution in [0.25, 0.3) is 10.9 Å². The minimum absolute atomic E-state index is 0.229. The van der Waals surface area contributed by atoms with Gasteiger partial charge in [-0.3, -0.25) is 0 Å². The van der Waals surface area contributed by atoms with E-state index in [2.05, 4.69) is 42.8 Å². The first-order valence-corrected chi connectivity index (χ1v) is 5.38. The zero-order valence-corrected chi connectivity index (χ0v) is 9.62. The first-order valence-electron chi connectivity index (χ1n) is 5.38. The van der Waals surface area contributed by atoms with E-state index in [0.29, 0.717) is 0 Å². The van der Waals surface area contributed by atoms with Crippen LogP contribution in [0.15, 0.2) is 24.3 Å². The van der Waals surface area contributed by atoms with Crippen LogP contribution < -0.4 is 5.73 Å². The molecule has 2 heteroatoms. The summed E-state index contributed by atoms with van der Waals surface area (Å²) in [5, 5.41) is 1.31. The Morgan fingerprint density at radius 2 is 2.07 bits per heavy atom. The summed E-state index contributed by atoms with van der Waals surface area (Å²) in [7, 11) is 2.10. The molecule has 1 aromatic carbocycles. The molecular formula is C13H18N2. The Hall–Kier alpha value is -1.28. The van der Waals surface area contributed by atoms with E-state index in [-0.39, 0.29) is 6.04 Å². The van der Waals surface area contributed by atoms with Crippen LogP contribution in [0.1, 0.15) is 18.2 Å². The maximum absolute atomic E-state index is 5.80. The molecule has 0 amide bonds. The van der Waals surface area contributed by atoms with Crippen LogP contribution in [0, 0.1) is 6.92 Å². The zero-order chi connectivity index (χ0) is 11.0. The van der Waals surface area contributed by atoms with Gasteiger partial charge in [0.1, 0.15) is 0 Å². The average Bonchev–Trinajstić information content (AvgIpc) is 2.41. The number of fused-ring (bicyclic) bond motifs is 1. The first kappa shape index (κ1) is 10.2. The molecule has 2 nitrogen and oxygen atoms in total. The summed E-state index contributed by atoms with van der Waals surface area (Å²) in [6.07, 6.45) is 0.948. The summed E-state index contributed by atoms with van der Waals surface area (Å²) in [6.45, 7) is 4.17. The van der Waals surface area contributed by atoms with Crippen molar-refractivity contribution in [3.8, 4) is 0 Å². The largest absolute Gasteiger partial charge is 0.348 e. The van der Waals surface area contributed by atoms with Crippen LogP contribution in [0.3, 0.4) is 0 Å². The lowest BCUT2D eigenvalue weighted by molar-refractivity contribution is 0.739. The molecule has 0 aliphatic heterocycles. The Balaban J connectivity index is 2.47. The van der Waals surface area contributed by atoms with Crippen molar-refractivity contribution in [3.63, 3.8) is 0 Å². The molecule has 15 heavy (non-hydrogen) atoms. The molecule has 2 rings (SSSR count). The van der Waals surface area contributed by atoms with Gasteiger partial charge in [0.25, 0.3) is 0 Å². The van der Waals surface area contributed by atoms with Gasteiger partial charge in [-0.2, -0.15) is 0 Å². The first-order chi connectivity index (χ1) is 7.08. The van der Waals surface area contributed by atoms with Gasteiger partial charge in [-0.1, -0.05) is 6.07 Å². The molecule has 1 aromatic heterocycles. The molecule has 0 radical (unpaired) electrons. The van der Waals surface area contributed by atoms with Crippen molar-refractivity contribution in [1.82, 2.24) is 4.57 Å². The summed E-state index contributed by atoms with van der Waals surface area (Å²) in [4.78, 5) is 0. The minimum Gasteiger partial charge on any atom is -0.348 e. The lowest BCUT2D eigenvalue weighted by Gasteiger charge is -2.05. The van der Waals surface area contributed by atoms with Crippen molar-refractivity contribution in [2.75, 3.05) is 0 Å². The Morgan fingerprint density at radius 3 is 2.73 bits per heavy atom. The molecule has 2 N–H and O–H groups in total. The highest BCUT2D eigenvalue weighted by atomic mass is 14.9. The lowest BCUT2D eigenvalue weighted by Crippen LogP contribution is -2.17. The molecule has 1 atom stereocenters. The molecular weight excluding hydrogens is 184 g/mol. The van der Waals surface area contributed by atoms with Crippen molar-refractivity contribution in [1.29, 1.82) is 0 Å². The van der Waals surface area contributed by atoms with Gasteiger partial charge < -0.3 is 10.3 Å². The van der Waals surface area contributed by atoms with Gasteiger partial charge in [-0.15, -0.1) is 0 Å². The van der Waals surface area contributed by atoms with E-state index < -0.39 is 0 Å². The van der Waals surface area contributed by atoms with Gasteiger partial charge in [0.05, 0.1) is 0 Å². The SMILES string of the molecule is Cc1cc2cc(CC(C)N)ccc2n1C. The number of nitrogens with zero attached hydrogens (tertiary/aromatic N) is 1. The van der Waals surface area contributed by atoms with Crippen LogP contribution in [-0.2, 0) is 13.5 Å². The van der Waals surface area contributed by atoms with Crippen LogP contribution in [0.2, 0.25) is 0 Å². The second kappa shape index (κ2) is 3.70. The van der Waals surface area contributed by atoms with Crippen molar-refractivity contribution in [2.45, 2.75) is 26.3 Å². The van der Waals surface area contributed by atoms with Crippen molar-refractivity contribution in [3.05, 3.63) is 35.5 Å². The third-order valence-corrected chi connectivity index (χ3v) is 2.90. The molecule has 0 aliphatic rings.